The molecule has 0 aliphatic rings. The monoisotopic (exact) mass is 569 g/mol. The van der Waals surface area contributed by atoms with Gasteiger partial charge in [-0.25, -0.2) is 8.42 Å². The molecule has 2 amide bonds. The predicted molar refractivity (Wildman–Crippen MR) is 156 cm³/mol. The van der Waals surface area contributed by atoms with Gasteiger partial charge < -0.3 is 10.2 Å². The number of anilines is 1. The Hall–Kier alpha value is -3.36. The van der Waals surface area contributed by atoms with Crippen molar-refractivity contribution < 1.29 is 18.0 Å². The zero-order chi connectivity index (χ0) is 28.4. The van der Waals surface area contributed by atoms with E-state index in [-0.39, 0.29) is 17.3 Å². The highest BCUT2D eigenvalue weighted by molar-refractivity contribution is 7.92. The van der Waals surface area contributed by atoms with Crippen molar-refractivity contribution in [2.24, 2.45) is 0 Å². The van der Waals surface area contributed by atoms with Gasteiger partial charge in [0.05, 0.1) is 10.6 Å². The van der Waals surface area contributed by atoms with Crippen LogP contribution in [0.5, 0.6) is 0 Å². The summed E-state index contributed by atoms with van der Waals surface area (Å²) in [7, 11) is -4.14. The van der Waals surface area contributed by atoms with Crippen LogP contribution in [0.15, 0.2) is 83.8 Å². The standard InChI is InChI=1S/C30H36ClN3O4S/c1-4-6-20-32-30(36)27(5-2)33(21-24-14-9-7-10-15-24)29(35)22-34(28-19-13-18-26(31)23(28)3)39(37,38)25-16-11-8-12-17-25/h7-19,27H,4-6,20-22H2,1-3H3,(H,32,36)/t27-/m0/s1. The number of hydrogen-bond acceptors (Lipinski definition) is 4. The Bertz CT molecular complexity index is 1350. The molecular weight excluding hydrogens is 534 g/mol. The van der Waals surface area contributed by atoms with Gasteiger partial charge in [0.25, 0.3) is 10.0 Å². The molecule has 0 radical (unpaired) electrons. The minimum Gasteiger partial charge on any atom is -0.354 e. The minimum absolute atomic E-state index is 0.0520. The normalized spacial score (nSPS) is 12.0. The first kappa shape index (κ1) is 30.2. The van der Waals surface area contributed by atoms with E-state index in [9.17, 15) is 18.0 Å². The lowest BCUT2D eigenvalue weighted by Gasteiger charge is -2.33. The summed E-state index contributed by atoms with van der Waals surface area (Å²) >= 11 is 6.37. The molecule has 1 atom stereocenters. The number of unbranched alkanes of at least 4 members (excludes halogenated alkanes) is 1. The van der Waals surface area contributed by atoms with Gasteiger partial charge in [0, 0.05) is 18.1 Å². The Kier molecular flexibility index (Phi) is 10.9. The molecule has 3 rings (SSSR count). The van der Waals surface area contributed by atoms with Crippen molar-refractivity contribution in [1.82, 2.24) is 10.2 Å². The van der Waals surface area contributed by atoms with Crippen LogP contribution in [-0.4, -0.2) is 44.3 Å². The molecule has 0 saturated heterocycles. The average Bonchev–Trinajstić information content (AvgIpc) is 2.94. The second-order valence-electron chi connectivity index (χ2n) is 9.28. The van der Waals surface area contributed by atoms with Crippen LogP contribution in [-0.2, 0) is 26.2 Å². The Morgan fingerprint density at radius 1 is 0.923 bits per heavy atom. The molecule has 0 aromatic heterocycles. The summed E-state index contributed by atoms with van der Waals surface area (Å²) in [5.74, 6) is -0.748. The molecule has 3 aromatic rings. The molecule has 0 heterocycles. The van der Waals surface area contributed by atoms with Crippen LogP contribution in [0.3, 0.4) is 0 Å². The molecule has 0 bridgehead atoms. The number of hydrogen-bond donors (Lipinski definition) is 1. The maximum Gasteiger partial charge on any atom is 0.264 e. The molecule has 3 aromatic carbocycles. The molecule has 9 heteroatoms. The van der Waals surface area contributed by atoms with E-state index < -0.39 is 28.5 Å². The number of carbonyl (C=O) groups excluding carboxylic acids is 2. The number of carbonyl (C=O) groups is 2. The molecule has 208 valence electrons. The van der Waals surface area contributed by atoms with Gasteiger partial charge in [-0.3, -0.25) is 13.9 Å². The average molecular weight is 570 g/mol. The van der Waals surface area contributed by atoms with E-state index in [1.165, 1.54) is 17.0 Å². The Labute approximate surface area is 236 Å². The minimum atomic E-state index is -4.14. The van der Waals surface area contributed by atoms with Crippen molar-refractivity contribution in [3.63, 3.8) is 0 Å². The van der Waals surface area contributed by atoms with Crippen molar-refractivity contribution in [2.45, 2.75) is 57.5 Å². The zero-order valence-corrected chi connectivity index (χ0v) is 24.2. The number of nitrogens with zero attached hydrogens (tertiary/aromatic N) is 2. The smallest absolute Gasteiger partial charge is 0.264 e. The number of sulfonamides is 1. The highest BCUT2D eigenvalue weighted by Crippen LogP contribution is 2.31. The fourth-order valence-corrected chi connectivity index (χ4v) is 5.97. The van der Waals surface area contributed by atoms with E-state index >= 15 is 0 Å². The highest BCUT2D eigenvalue weighted by atomic mass is 35.5. The quantitative estimate of drug-likeness (QED) is 0.273. The summed E-state index contributed by atoms with van der Waals surface area (Å²) in [6.45, 7) is 5.77. The van der Waals surface area contributed by atoms with Gasteiger partial charge in [-0.05, 0) is 55.2 Å². The number of benzene rings is 3. The van der Waals surface area contributed by atoms with Crippen molar-refractivity contribution in [3.05, 3.63) is 95.0 Å². The summed E-state index contributed by atoms with van der Waals surface area (Å²) in [6.07, 6.45) is 2.12. The van der Waals surface area contributed by atoms with Crippen LogP contribution in [0.2, 0.25) is 5.02 Å². The van der Waals surface area contributed by atoms with Crippen LogP contribution in [0.25, 0.3) is 0 Å². The molecule has 0 aliphatic carbocycles. The number of halogens is 1. The number of rotatable bonds is 13. The Morgan fingerprint density at radius 2 is 1.56 bits per heavy atom. The van der Waals surface area contributed by atoms with Gasteiger partial charge in [-0.15, -0.1) is 0 Å². The van der Waals surface area contributed by atoms with Gasteiger partial charge in [-0.1, -0.05) is 86.5 Å². The van der Waals surface area contributed by atoms with Gasteiger partial charge in [-0.2, -0.15) is 0 Å². The van der Waals surface area contributed by atoms with Crippen LogP contribution in [0, 0.1) is 6.92 Å². The summed E-state index contributed by atoms with van der Waals surface area (Å²) in [5.41, 5.74) is 1.67. The SMILES string of the molecule is CCCCNC(=O)[C@H](CC)N(Cc1ccccc1)C(=O)CN(c1cccc(Cl)c1C)S(=O)(=O)c1ccccc1. The molecule has 0 fully saturated rings. The second kappa shape index (κ2) is 14.1. The predicted octanol–water partition coefficient (Wildman–Crippen LogP) is 5.57. The molecule has 0 aliphatic heterocycles. The van der Waals surface area contributed by atoms with Crippen molar-refractivity contribution >= 4 is 39.1 Å². The van der Waals surface area contributed by atoms with Crippen molar-refractivity contribution in [3.8, 4) is 0 Å². The summed E-state index contributed by atoms with van der Waals surface area (Å²) in [5, 5.41) is 3.32. The van der Waals surface area contributed by atoms with Gasteiger partial charge in [0.1, 0.15) is 12.6 Å². The lowest BCUT2D eigenvalue weighted by molar-refractivity contribution is -0.140. The van der Waals surface area contributed by atoms with Crippen LogP contribution in [0.4, 0.5) is 5.69 Å². The Balaban J connectivity index is 2.05. The third kappa shape index (κ3) is 7.61. The molecule has 0 unspecified atom stereocenters. The fraction of sp³-hybridized carbons (Fsp3) is 0.333. The van der Waals surface area contributed by atoms with Crippen LogP contribution in [0.1, 0.15) is 44.2 Å². The van der Waals surface area contributed by atoms with E-state index in [1.54, 1.807) is 43.3 Å². The first-order valence-corrected chi connectivity index (χ1v) is 15.0. The first-order valence-electron chi connectivity index (χ1n) is 13.1. The third-order valence-electron chi connectivity index (χ3n) is 6.53. The molecule has 7 nitrogen and oxygen atoms in total. The third-order valence-corrected chi connectivity index (χ3v) is 8.71. The summed E-state index contributed by atoms with van der Waals surface area (Å²) in [6, 6.07) is 21.5. The molecule has 1 N–H and O–H groups in total. The summed E-state index contributed by atoms with van der Waals surface area (Å²) < 4.78 is 28.9. The maximum absolute atomic E-state index is 14.0. The van der Waals surface area contributed by atoms with Gasteiger partial charge >= 0.3 is 0 Å². The molecular formula is C30H36ClN3O4S. The number of amides is 2. The zero-order valence-electron chi connectivity index (χ0n) is 22.6. The number of nitrogens with one attached hydrogen (secondary N) is 1. The van der Waals surface area contributed by atoms with Crippen molar-refractivity contribution in [1.29, 1.82) is 0 Å². The van der Waals surface area contributed by atoms with Crippen LogP contribution >= 0.6 is 11.6 Å². The van der Waals surface area contributed by atoms with E-state index in [0.717, 1.165) is 22.7 Å². The molecule has 39 heavy (non-hydrogen) atoms. The Morgan fingerprint density at radius 3 is 2.18 bits per heavy atom. The first-order chi connectivity index (χ1) is 18.7. The molecule has 0 spiro atoms. The fourth-order valence-electron chi connectivity index (χ4n) is 4.31. The second-order valence-corrected chi connectivity index (χ2v) is 11.6. The van der Waals surface area contributed by atoms with E-state index in [4.69, 9.17) is 11.6 Å². The highest BCUT2D eigenvalue weighted by Gasteiger charge is 2.34. The molecule has 0 saturated carbocycles. The lowest BCUT2D eigenvalue weighted by Crippen LogP contribution is -2.52. The summed E-state index contributed by atoms with van der Waals surface area (Å²) in [4.78, 5) is 28.8. The lowest BCUT2D eigenvalue weighted by atomic mass is 10.1. The van der Waals surface area contributed by atoms with Crippen LogP contribution < -0.4 is 9.62 Å². The largest absolute Gasteiger partial charge is 0.354 e. The van der Waals surface area contributed by atoms with E-state index in [0.29, 0.717) is 29.2 Å². The van der Waals surface area contributed by atoms with E-state index in [2.05, 4.69) is 5.32 Å². The topological polar surface area (TPSA) is 86.8 Å². The maximum atomic E-state index is 14.0. The van der Waals surface area contributed by atoms with Crippen molar-refractivity contribution in [2.75, 3.05) is 17.4 Å². The van der Waals surface area contributed by atoms with Gasteiger partial charge in [0.15, 0.2) is 0 Å². The van der Waals surface area contributed by atoms with Gasteiger partial charge in [0.2, 0.25) is 11.8 Å². The van der Waals surface area contributed by atoms with E-state index in [1.807, 2.05) is 44.2 Å².